The Morgan fingerprint density at radius 1 is 1.39 bits per heavy atom. The van der Waals surface area contributed by atoms with Crippen molar-refractivity contribution in [2.75, 3.05) is 18.5 Å². The van der Waals surface area contributed by atoms with Crippen molar-refractivity contribution in [2.24, 2.45) is 5.92 Å². The average molecular weight is 246 g/mol. The van der Waals surface area contributed by atoms with Gasteiger partial charge >= 0.3 is 0 Å². The van der Waals surface area contributed by atoms with Crippen molar-refractivity contribution in [2.45, 2.75) is 32.8 Å². The van der Waals surface area contributed by atoms with Crippen LogP contribution in [0.4, 0.5) is 5.82 Å². The number of anilines is 1. The molecule has 1 aliphatic rings. The molecule has 0 aromatic carbocycles. The maximum absolute atomic E-state index is 9.28. The molecule has 1 fully saturated rings. The van der Waals surface area contributed by atoms with Crippen molar-refractivity contribution in [1.29, 1.82) is 5.26 Å². The molecule has 0 atom stereocenters. The molecule has 2 rings (SSSR count). The van der Waals surface area contributed by atoms with Gasteiger partial charge in [-0.1, -0.05) is 0 Å². The monoisotopic (exact) mass is 246 g/mol. The highest BCUT2D eigenvalue weighted by Crippen LogP contribution is 2.29. The predicted octanol–water partition coefficient (Wildman–Crippen LogP) is 1.17. The topological polar surface area (TPSA) is 73.0 Å². The molecule has 5 heteroatoms. The summed E-state index contributed by atoms with van der Waals surface area (Å²) in [5.74, 6) is 1.13. The largest absolute Gasteiger partial charge is 0.393 e. The summed E-state index contributed by atoms with van der Waals surface area (Å²) < 4.78 is 0. The zero-order valence-electron chi connectivity index (χ0n) is 11.0. The summed E-state index contributed by atoms with van der Waals surface area (Å²) in [5.41, 5.74) is 2.29. The first kappa shape index (κ1) is 12.8. The van der Waals surface area contributed by atoms with Crippen LogP contribution in [0.25, 0.3) is 0 Å². The molecule has 1 N–H and O–H groups in total. The fourth-order valence-corrected chi connectivity index (χ4v) is 2.32. The first-order valence-corrected chi connectivity index (χ1v) is 6.16. The number of aliphatic hydroxyl groups is 1. The van der Waals surface area contributed by atoms with Gasteiger partial charge in [0, 0.05) is 13.6 Å². The summed E-state index contributed by atoms with van der Waals surface area (Å²) in [6, 6.07) is 2.21. The maximum atomic E-state index is 9.28. The number of aromatic nitrogens is 2. The van der Waals surface area contributed by atoms with Gasteiger partial charge < -0.3 is 10.0 Å². The average Bonchev–Trinajstić information content (AvgIpc) is 2.30. The Bertz CT molecular complexity index is 488. The lowest BCUT2D eigenvalue weighted by molar-refractivity contribution is 0.0464. The number of hydrogen-bond acceptors (Lipinski definition) is 5. The molecule has 1 aromatic rings. The minimum atomic E-state index is -0.148. The molecule has 0 aliphatic heterocycles. The zero-order chi connectivity index (χ0) is 13.3. The van der Waals surface area contributed by atoms with E-state index in [1.54, 1.807) is 0 Å². The molecule has 0 spiro atoms. The SMILES string of the molecule is Cc1nnc(N(C)CC2CC(O)C2)c(C#N)c1C. The molecule has 0 bridgehead atoms. The van der Waals surface area contributed by atoms with Crippen LogP contribution < -0.4 is 4.90 Å². The second-order valence-corrected chi connectivity index (χ2v) is 5.09. The first-order chi connectivity index (χ1) is 8.52. The van der Waals surface area contributed by atoms with E-state index < -0.39 is 0 Å². The van der Waals surface area contributed by atoms with Crippen molar-refractivity contribution >= 4 is 5.82 Å². The van der Waals surface area contributed by atoms with Crippen molar-refractivity contribution in [3.63, 3.8) is 0 Å². The second-order valence-electron chi connectivity index (χ2n) is 5.09. The van der Waals surface area contributed by atoms with E-state index in [0.29, 0.717) is 17.3 Å². The van der Waals surface area contributed by atoms with Crippen LogP contribution >= 0.6 is 0 Å². The van der Waals surface area contributed by atoms with E-state index in [0.717, 1.165) is 30.6 Å². The number of nitrogens with zero attached hydrogens (tertiary/aromatic N) is 4. The molecule has 5 nitrogen and oxygen atoms in total. The Morgan fingerprint density at radius 2 is 2.06 bits per heavy atom. The van der Waals surface area contributed by atoms with Crippen LogP contribution in [0.1, 0.15) is 29.7 Å². The van der Waals surface area contributed by atoms with Crippen LogP contribution in [0.3, 0.4) is 0 Å². The Hall–Kier alpha value is -1.67. The minimum Gasteiger partial charge on any atom is -0.393 e. The lowest BCUT2D eigenvalue weighted by Gasteiger charge is -2.34. The van der Waals surface area contributed by atoms with E-state index in [4.69, 9.17) is 0 Å². The van der Waals surface area contributed by atoms with Gasteiger partial charge in [-0.15, -0.1) is 5.10 Å². The highest BCUT2D eigenvalue weighted by atomic mass is 16.3. The molecule has 0 amide bonds. The normalized spacial score (nSPS) is 22.2. The van der Waals surface area contributed by atoms with Gasteiger partial charge in [0.15, 0.2) is 5.82 Å². The maximum Gasteiger partial charge on any atom is 0.169 e. The molecule has 18 heavy (non-hydrogen) atoms. The Labute approximate surface area is 107 Å². The van der Waals surface area contributed by atoms with Crippen molar-refractivity contribution in [3.8, 4) is 6.07 Å². The summed E-state index contributed by atoms with van der Waals surface area (Å²) >= 11 is 0. The molecule has 96 valence electrons. The van der Waals surface area contributed by atoms with E-state index in [-0.39, 0.29) is 6.10 Å². The number of rotatable bonds is 3. The van der Waals surface area contributed by atoms with Gasteiger partial charge in [-0.05, 0) is 38.2 Å². The molecule has 1 aromatic heterocycles. The summed E-state index contributed by atoms with van der Waals surface area (Å²) in [6.45, 7) is 4.56. The Balaban J connectivity index is 2.17. The third-order valence-electron chi connectivity index (χ3n) is 3.65. The molecular weight excluding hydrogens is 228 g/mol. The smallest absolute Gasteiger partial charge is 0.169 e. The Morgan fingerprint density at radius 3 is 2.61 bits per heavy atom. The van der Waals surface area contributed by atoms with Gasteiger partial charge in [-0.3, -0.25) is 0 Å². The molecule has 0 saturated heterocycles. The lowest BCUT2D eigenvalue weighted by atomic mass is 9.82. The third-order valence-corrected chi connectivity index (χ3v) is 3.65. The van der Waals surface area contributed by atoms with Gasteiger partial charge in [0.2, 0.25) is 0 Å². The predicted molar refractivity (Wildman–Crippen MR) is 68.2 cm³/mol. The van der Waals surface area contributed by atoms with Crippen LogP contribution in [0.2, 0.25) is 0 Å². The lowest BCUT2D eigenvalue weighted by Crippen LogP contribution is -2.37. The molecule has 0 unspecified atom stereocenters. The van der Waals surface area contributed by atoms with Crippen LogP contribution in [0.15, 0.2) is 0 Å². The quantitative estimate of drug-likeness (QED) is 0.866. The van der Waals surface area contributed by atoms with E-state index in [2.05, 4.69) is 16.3 Å². The van der Waals surface area contributed by atoms with Gasteiger partial charge in [0.05, 0.1) is 11.8 Å². The first-order valence-electron chi connectivity index (χ1n) is 6.16. The summed E-state index contributed by atoms with van der Waals surface area (Å²) in [6.07, 6.45) is 1.53. The van der Waals surface area contributed by atoms with Crippen LogP contribution in [-0.2, 0) is 0 Å². The fourth-order valence-electron chi connectivity index (χ4n) is 2.32. The molecule has 1 aliphatic carbocycles. The van der Waals surface area contributed by atoms with E-state index >= 15 is 0 Å². The number of aliphatic hydroxyl groups excluding tert-OH is 1. The van der Waals surface area contributed by atoms with Crippen molar-refractivity contribution < 1.29 is 5.11 Å². The van der Waals surface area contributed by atoms with Crippen molar-refractivity contribution in [3.05, 3.63) is 16.8 Å². The molecule has 1 heterocycles. The van der Waals surface area contributed by atoms with Gasteiger partial charge in [0.25, 0.3) is 0 Å². The highest BCUT2D eigenvalue weighted by molar-refractivity contribution is 5.57. The zero-order valence-corrected chi connectivity index (χ0v) is 11.0. The molecular formula is C13H18N4O. The van der Waals surface area contributed by atoms with Gasteiger partial charge in [-0.25, -0.2) is 0 Å². The van der Waals surface area contributed by atoms with E-state index in [1.165, 1.54) is 0 Å². The highest BCUT2D eigenvalue weighted by Gasteiger charge is 2.29. The van der Waals surface area contributed by atoms with Gasteiger partial charge in [0.1, 0.15) is 11.6 Å². The summed E-state index contributed by atoms with van der Waals surface area (Å²) in [4.78, 5) is 1.97. The van der Waals surface area contributed by atoms with Crippen LogP contribution in [-0.4, -0.2) is 35.0 Å². The molecule has 0 radical (unpaired) electrons. The summed E-state index contributed by atoms with van der Waals surface area (Å²) in [7, 11) is 1.92. The number of nitriles is 1. The van der Waals surface area contributed by atoms with E-state index in [9.17, 15) is 10.4 Å². The minimum absolute atomic E-state index is 0.148. The van der Waals surface area contributed by atoms with E-state index in [1.807, 2.05) is 25.8 Å². The third kappa shape index (κ3) is 2.29. The molecule has 1 saturated carbocycles. The van der Waals surface area contributed by atoms with Crippen LogP contribution in [0, 0.1) is 31.1 Å². The van der Waals surface area contributed by atoms with Crippen molar-refractivity contribution in [1.82, 2.24) is 10.2 Å². The number of aryl methyl sites for hydroxylation is 1. The Kier molecular flexibility index (Phi) is 3.48. The second kappa shape index (κ2) is 4.91. The van der Waals surface area contributed by atoms with Gasteiger partial charge in [-0.2, -0.15) is 10.4 Å². The van der Waals surface area contributed by atoms with Crippen LogP contribution in [0.5, 0.6) is 0 Å². The standard InChI is InChI=1S/C13H18N4O/c1-8-9(2)15-16-13(12(8)6-14)17(3)7-10-4-11(18)5-10/h10-11,18H,4-5,7H2,1-3H3. The summed E-state index contributed by atoms with van der Waals surface area (Å²) in [5, 5.41) is 26.7. The number of hydrogen-bond donors (Lipinski definition) is 1. The fraction of sp³-hybridized carbons (Fsp3) is 0.615.